The van der Waals surface area contributed by atoms with E-state index in [0.717, 1.165) is 25.9 Å². The van der Waals surface area contributed by atoms with Gasteiger partial charge in [-0.1, -0.05) is 48.5 Å². The normalized spacial score (nSPS) is 15.4. The molecule has 1 heterocycles. The lowest BCUT2D eigenvalue weighted by Gasteiger charge is -2.38. The second-order valence-corrected chi connectivity index (χ2v) is 9.22. The lowest BCUT2D eigenvalue weighted by molar-refractivity contribution is -0.138. The summed E-state index contributed by atoms with van der Waals surface area (Å²) in [6, 6.07) is 18.0. The molecule has 6 nitrogen and oxygen atoms in total. The Morgan fingerprint density at radius 1 is 1.00 bits per heavy atom. The number of rotatable bonds is 8. The maximum Gasteiger partial charge on any atom is 0.245 e. The molecule has 1 atom stereocenters. The van der Waals surface area contributed by atoms with Gasteiger partial charge in [0, 0.05) is 31.9 Å². The van der Waals surface area contributed by atoms with Crippen molar-refractivity contribution in [2.24, 2.45) is 5.73 Å². The molecule has 0 bridgehead atoms. The topological polar surface area (TPSA) is 78.7 Å². The van der Waals surface area contributed by atoms with Gasteiger partial charge in [-0.15, -0.1) is 0 Å². The number of carbonyl (C=O) groups is 2. The number of piperazine rings is 1. The molecule has 2 amide bonds. The molecule has 3 rings (SSSR count). The average Bonchev–Trinajstić information content (AvgIpc) is 2.78. The van der Waals surface area contributed by atoms with E-state index in [0.29, 0.717) is 19.5 Å². The monoisotopic (exact) mass is 436 g/mol. The number of hydrogen-bond donors (Lipinski definition) is 2. The molecule has 0 aliphatic carbocycles. The molecular formula is C26H36N4O2. The number of nitrogens with one attached hydrogen (secondary N) is 1. The minimum Gasteiger partial charge on any atom is -0.368 e. The Morgan fingerprint density at radius 3 is 2.25 bits per heavy atom. The zero-order valence-electron chi connectivity index (χ0n) is 19.5. The first-order chi connectivity index (χ1) is 15.3. The van der Waals surface area contributed by atoms with Crippen molar-refractivity contribution in [2.75, 3.05) is 31.1 Å². The smallest absolute Gasteiger partial charge is 0.245 e. The first-order valence-electron chi connectivity index (χ1n) is 11.5. The van der Waals surface area contributed by atoms with E-state index in [1.54, 1.807) is 13.8 Å². The van der Waals surface area contributed by atoms with Crippen LogP contribution in [0.25, 0.3) is 0 Å². The van der Waals surface area contributed by atoms with E-state index in [1.165, 1.54) is 16.8 Å². The number of nitrogens with zero attached hydrogens (tertiary/aromatic N) is 2. The lowest BCUT2D eigenvalue weighted by Crippen LogP contribution is -2.58. The van der Waals surface area contributed by atoms with Gasteiger partial charge in [-0.05, 0) is 57.2 Å². The van der Waals surface area contributed by atoms with E-state index in [1.807, 2.05) is 35.2 Å². The number of para-hydroxylation sites is 1. The fourth-order valence-electron chi connectivity index (χ4n) is 4.06. The summed E-state index contributed by atoms with van der Waals surface area (Å²) >= 11 is 0. The Morgan fingerprint density at radius 2 is 1.62 bits per heavy atom. The van der Waals surface area contributed by atoms with Crippen molar-refractivity contribution in [1.29, 1.82) is 0 Å². The van der Waals surface area contributed by atoms with Gasteiger partial charge in [0.2, 0.25) is 11.8 Å². The Kier molecular flexibility index (Phi) is 7.91. The first kappa shape index (κ1) is 23.8. The van der Waals surface area contributed by atoms with Crippen molar-refractivity contribution < 1.29 is 9.59 Å². The predicted molar refractivity (Wildman–Crippen MR) is 130 cm³/mol. The molecule has 3 N–H and O–H groups in total. The standard InChI is InChI=1S/C26H36N4O2/c1-20-10-7-8-15-23(20)29-16-18-30(19-17-29)24(31)22(28-25(32)26(2,3)27)14-9-13-21-11-5-4-6-12-21/h4-8,10-12,15,22H,9,13-14,16-19,27H2,1-3H3,(H,28,32)/t22-/m1/s1. The van der Waals surface area contributed by atoms with Gasteiger partial charge in [0.15, 0.2) is 0 Å². The van der Waals surface area contributed by atoms with Gasteiger partial charge >= 0.3 is 0 Å². The van der Waals surface area contributed by atoms with Crippen LogP contribution in [-0.4, -0.2) is 54.5 Å². The number of amides is 2. The van der Waals surface area contributed by atoms with Gasteiger partial charge in [0.25, 0.3) is 0 Å². The van der Waals surface area contributed by atoms with Gasteiger partial charge in [-0.3, -0.25) is 9.59 Å². The number of aryl methyl sites for hydroxylation is 2. The molecule has 2 aromatic carbocycles. The van der Waals surface area contributed by atoms with Crippen LogP contribution in [0.5, 0.6) is 0 Å². The molecule has 0 radical (unpaired) electrons. The second-order valence-electron chi connectivity index (χ2n) is 9.22. The number of hydrogen-bond acceptors (Lipinski definition) is 4. The quantitative estimate of drug-likeness (QED) is 0.667. The average molecular weight is 437 g/mol. The number of anilines is 1. The van der Waals surface area contributed by atoms with E-state index in [-0.39, 0.29) is 11.8 Å². The third-order valence-electron chi connectivity index (χ3n) is 6.04. The van der Waals surface area contributed by atoms with Crippen molar-refractivity contribution in [3.63, 3.8) is 0 Å². The van der Waals surface area contributed by atoms with Crippen molar-refractivity contribution in [3.8, 4) is 0 Å². The van der Waals surface area contributed by atoms with Crippen LogP contribution in [0, 0.1) is 6.92 Å². The molecule has 1 aliphatic rings. The Bertz CT molecular complexity index is 900. The van der Waals surface area contributed by atoms with Crippen LogP contribution < -0.4 is 16.0 Å². The van der Waals surface area contributed by atoms with Crippen LogP contribution >= 0.6 is 0 Å². The Labute approximate surface area is 191 Å². The molecule has 32 heavy (non-hydrogen) atoms. The zero-order valence-corrected chi connectivity index (χ0v) is 19.5. The summed E-state index contributed by atoms with van der Waals surface area (Å²) in [5.74, 6) is -0.311. The van der Waals surface area contributed by atoms with Gasteiger partial charge in [0.05, 0.1) is 5.54 Å². The highest BCUT2D eigenvalue weighted by molar-refractivity contribution is 5.91. The minimum absolute atomic E-state index is 0.0138. The van der Waals surface area contributed by atoms with Crippen molar-refractivity contribution in [3.05, 3.63) is 65.7 Å². The lowest BCUT2D eigenvalue weighted by atomic mass is 10.0. The zero-order chi connectivity index (χ0) is 23.1. The summed E-state index contributed by atoms with van der Waals surface area (Å²) in [5.41, 5.74) is 8.64. The van der Waals surface area contributed by atoms with Gasteiger partial charge in [-0.2, -0.15) is 0 Å². The first-order valence-corrected chi connectivity index (χ1v) is 11.5. The predicted octanol–water partition coefficient (Wildman–Crippen LogP) is 2.89. The minimum atomic E-state index is -1.03. The largest absolute Gasteiger partial charge is 0.368 e. The number of carbonyl (C=O) groups excluding carboxylic acids is 2. The van der Waals surface area contributed by atoms with Crippen molar-refractivity contribution in [2.45, 2.75) is 51.6 Å². The van der Waals surface area contributed by atoms with Crippen LogP contribution in [0.3, 0.4) is 0 Å². The Balaban J connectivity index is 1.62. The van der Waals surface area contributed by atoms with Crippen molar-refractivity contribution in [1.82, 2.24) is 10.2 Å². The molecule has 6 heteroatoms. The van der Waals surface area contributed by atoms with E-state index in [9.17, 15) is 9.59 Å². The number of benzene rings is 2. The summed E-state index contributed by atoms with van der Waals surface area (Å²) in [7, 11) is 0. The molecule has 0 saturated carbocycles. The fraction of sp³-hybridized carbons (Fsp3) is 0.462. The molecule has 1 saturated heterocycles. The summed E-state index contributed by atoms with van der Waals surface area (Å²) in [4.78, 5) is 30.1. The molecule has 2 aromatic rings. The van der Waals surface area contributed by atoms with Crippen molar-refractivity contribution >= 4 is 17.5 Å². The van der Waals surface area contributed by atoms with Crippen LogP contribution in [0.4, 0.5) is 5.69 Å². The molecule has 0 aromatic heterocycles. The SMILES string of the molecule is Cc1ccccc1N1CCN(C(=O)[C@@H](CCCc2ccccc2)NC(=O)C(C)(C)N)CC1. The third-order valence-corrected chi connectivity index (χ3v) is 6.04. The molecule has 172 valence electrons. The van der Waals surface area contributed by atoms with Gasteiger partial charge in [-0.25, -0.2) is 0 Å². The molecular weight excluding hydrogens is 400 g/mol. The molecule has 0 unspecified atom stereocenters. The van der Waals surface area contributed by atoms with E-state index < -0.39 is 11.6 Å². The maximum atomic E-state index is 13.4. The summed E-state index contributed by atoms with van der Waals surface area (Å²) in [6.07, 6.45) is 2.27. The van der Waals surface area contributed by atoms with Gasteiger partial charge < -0.3 is 20.9 Å². The second kappa shape index (κ2) is 10.6. The number of nitrogens with two attached hydrogens (primary N) is 1. The summed E-state index contributed by atoms with van der Waals surface area (Å²) in [5, 5.41) is 2.92. The Hall–Kier alpha value is -2.86. The molecule has 0 spiro atoms. The van der Waals surface area contributed by atoms with E-state index in [2.05, 4.69) is 41.4 Å². The molecule has 1 fully saturated rings. The van der Waals surface area contributed by atoms with E-state index in [4.69, 9.17) is 5.73 Å². The fourth-order valence-corrected chi connectivity index (χ4v) is 4.06. The highest BCUT2D eigenvalue weighted by atomic mass is 16.2. The van der Waals surface area contributed by atoms with Crippen LogP contribution in [0.2, 0.25) is 0 Å². The maximum absolute atomic E-state index is 13.4. The highest BCUT2D eigenvalue weighted by Crippen LogP contribution is 2.21. The summed E-state index contributed by atoms with van der Waals surface area (Å²) in [6.45, 7) is 8.28. The van der Waals surface area contributed by atoms with Crippen LogP contribution in [-0.2, 0) is 16.0 Å². The highest BCUT2D eigenvalue weighted by Gasteiger charge is 2.31. The summed E-state index contributed by atoms with van der Waals surface area (Å²) < 4.78 is 0. The van der Waals surface area contributed by atoms with Crippen LogP contribution in [0.1, 0.15) is 37.8 Å². The third kappa shape index (κ3) is 6.33. The van der Waals surface area contributed by atoms with Crippen LogP contribution in [0.15, 0.2) is 54.6 Å². The molecule has 1 aliphatic heterocycles. The van der Waals surface area contributed by atoms with E-state index >= 15 is 0 Å². The van der Waals surface area contributed by atoms with Gasteiger partial charge in [0.1, 0.15) is 6.04 Å².